The second kappa shape index (κ2) is 12.7. The van der Waals surface area contributed by atoms with Crippen molar-refractivity contribution in [3.05, 3.63) is 107 Å². The summed E-state index contributed by atoms with van der Waals surface area (Å²) < 4.78 is 0. The second-order valence-electron chi connectivity index (χ2n) is 11.8. The highest BCUT2D eigenvalue weighted by Crippen LogP contribution is 2.44. The lowest BCUT2D eigenvalue weighted by Crippen LogP contribution is -2.32. The molecule has 2 aromatic carbocycles. The fraction of sp³-hybridized carbons (Fsp3) is 0.371. The Labute approximate surface area is 255 Å². The SMILES string of the molecule is S=C1NC2=CCCC=C2CCC2(CCC3=CCCC=C3NC(=S)Nc3ccccc3CC2)CCc2ccccc2N1. The molecule has 0 amide bonds. The maximum atomic E-state index is 5.76. The van der Waals surface area contributed by atoms with Crippen LogP contribution in [0.3, 0.4) is 0 Å². The molecule has 41 heavy (non-hydrogen) atoms. The molecule has 6 heteroatoms. The van der Waals surface area contributed by atoms with Crippen molar-refractivity contribution >= 4 is 46.0 Å². The summed E-state index contributed by atoms with van der Waals surface area (Å²) >= 11 is 11.5. The third kappa shape index (κ3) is 6.82. The van der Waals surface area contributed by atoms with E-state index in [1.54, 1.807) is 0 Å². The van der Waals surface area contributed by atoms with Crippen LogP contribution in [-0.2, 0) is 12.8 Å². The van der Waals surface area contributed by atoms with Crippen molar-refractivity contribution in [3.63, 3.8) is 0 Å². The van der Waals surface area contributed by atoms with Gasteiger partial charge in [0, 0.05) is 22.8 Å². The molecule has 0 fully saturated rings. The number of allylic oxidation sites excluding steroid dienone is 6. The monoisotopic (exact) mass is 580 g/mol. The second-order valence-corrected chi connectivity index (χ2v) is 12.6. The third-order valence-corrected chi connectivity index (χ3v) is 9.64. The predicted molar refractivity (Wildman–Crippen MR) is 180 cm³/mol. The molecule has 0 radical (unpaired) electrons. The van der Waals surface area contributed by atoms with E-state index in [0.717, 1.165) is 88.4 Å². The van der Waals surface area contributed by atoms with Gasteiger partial charge >= 0.3 is 0 Å². The van der Waals surface area contributed by atoms with Crippen molar-refractivity contribution in [1.29, 1.82) is 0 Å². The molecule has 0 atom stereocenters. The van der Waals surface area contributed by atoms with Gasteiger partial charge in [0.05, 0.1) is 0 Å². The zero-order valence-electron chi connectivity index (χ0n) is 23.7. The Morgan fingerprint density at radius 2 is 0.902 bits per heavy atom. The Kier molecular flexibility index (Phi) is 8.68. The van der Waals surface area contributed by atoms with Gasteiger partial charge in [0.15, 0.2) is 10.2 Å². The van der Waals surface area contributed by atoms with Crippen LogP contribution in [0.2, 0.25) is 0 Å². The van der Waals surface area contributed by atoms with E-state index in [9.17, 15) is 0 Å². The summed E-state index contributed by atoms with van der Waals surface area (Å²) in [5.41, 5.74) is 10.3. The summed E-state index contributed by atoms with van der Waals surface area (Å²) in [7, 11) is 0. The molecule has 2 aliphatic heterocycles. The number of thiocarbonyl (C=S) groups is 2. The number of anilines is 2. The first-order valence-corrected chi connectivity index (χ1v) is 16.0. The van der Waals surface area contributed by atoms with Crippen LogP contribution >= 0.6 is 24.4 Å². The minimum Gasteiger partial charge on any atom is -0.333 e. The van der Waals surface area contributed by atoms with Crippen molar-refractivity contribution in [3.8, 4) is 0 Å². The molecule has 0 bridgehead atoms. The van der Waals surface area contributed by atoms with Crippen LogP contribution in [0, 0.1) is 5.41 Å². The van der Waals surface area contributed by atoms with Gasteiger partial charge in [-0.3, -0.25) is 0 Å². The lowest BCUT2D eigenvalue weighted by molar-refractivity contribution is 0.199. The van der Waals surface area contributed by atoms with Crippen LogP contribution in [0.1, 0.15) is 75.3 Å². The summed E-state index contributed by atoms with van der Waals surface area (Å²) in [5, 5.41) is 15.5. The zero-order valence-corrected chi connectivity index (χ0v) is 25.4. The molecule has 6 rings (SSSR count). The lowest BCUT2D eigenvalue weighted by atomic mass is 9.69. The number of hydrogen-bond acceptors (Lipinski definition) is 2. The molecule has 2 aliphatic carbocycles. The number of nitrogens with one attached hydrogen (secondary N) is 4. The molecule has 0 saturated carbocycles. The van der Waals surface area contributed by atoms with Gasteiger partial charge in [0.1, 0.15) is 0 Å². The first kappa shape index (κ1) is 27.9. The van der Waals surface area contributed by atoms with E-state index in [2.05, 4.69) is 94.1 Å². The summed E-state index contributed by atoms with van der Waals surface area (Å²) in [6.07, 6.45) is 22.6. The topological polar surface area (TPSA) is 48.1 Å². The average Bonchev–Trinajstić information content (AvgIpc) is 2.98. The van der Waals surface area contributed by atoms with Crippen molar-refractivity contribution in [1.82, 2.24) is 10.6 Å². The van der Waals surface area contributed by atoms with E-state index < -0.39 is 0 Å². The lowest BCUT2D eigenvalue weighted by Gasteiger charge is -2.37. The van der Waals surface area contributed by atoms with Gasteiger partial charge in [-0.15, -0.1) is 0 Å². The third-order valence-electron chi connectivity index (χ3n) is 9.23. The fourth-order valence-electron chi connectivity index (χ4n) is 6.81. The summed E-state index contributed by atoms with van der Waals surface area (Å²) in [5.74, 6) is 0. The summed E-state index contributed by atoms with van der Waals surface area (Å²) in [4.78, 5) is 0. The summed E-state index contributed by atoms with van der Waals surface area (Å²) in [6.45, 7) is 0. The highest BCUT2D eigenvalue weighted by molar-refractivity contribution is 7.80. The molecule has 212 valence electrons. The quantitative estimate of drug-likeness (QED) is 0.234. The minimum absolute atomic E-state index is 0.187. The number of benzene rings is 2. The van der Waals surface area contributed by atoms with Crippen LogP contribution in [0.4, 0.5) is 11.4 Å². The number of hydrogen-bond donors (Lipinski definition) is 4. The first-order valence-electron chi connectivity index (χ1n) is 15.2. The Balaban J connectivity index is 1.39. The number of para-hydroxylation sites is 2. The highest BCUT2D eigenvalue weighted by Gasteiger charge is 2.32. The molecule has 4 N–H and O–H groups in total. The van der Waals surface area contributed by atoms with E-state index in [4.69, 9.17) is 24.4 Å². The maximum Gasteiger partial charge on any atom is 0.175 e. The number of fused-ring (bicyclic) bond motifs is 4. The van der Waals surface area contributed by atoms with E-state index in [-0.39, 0.29) is 5.41 Å². The Bertz CT molecular complexity index is 1340. The molecule has 0 saturated heterocycles. The largest absolute Gasteiger partial charge is 0.333 e. The zero-order chi connectivity index (χ0) is 28.1. The molecular weight excluding hydrogens is 541 g/mol. The van der Waals surface area contributed by atoms with Crippen LogP contribution < -0.4 is 21.3 Å². The molecule has 4 aliphatic rings. The molecule has 2 heterocycles. The van der Waals surface area contributed by atoms with Gasteiger partial charge in [-0.05, 0) is 141 Å². The highest BCUT2D eigenvalue weighted by atomic mass is 32.1. The van der Waals surface area contributed by atoms with Crippen molar-refractivity contribution < 1.29 is 0 Å². The minimum atomic E-state index is 0.187. The van der Waals surface area contributed by atoms with Crippen LogP contribution in [0.25, 0.3) is 0 Å². The van der Waals surface area contributed by atoms with Gasteiger partial charge in [-0.1, -0.05) is 60.7 Å². The predicted octanol–water partition coefficient (Wildman–Crippen LogP) is 8.61. The van der Waals surface area contributed by atoms with E-state index in [1.807, 2.05) is 0 Å². The smallest absolute Gasteiger partial charge is 0.175 e. The van der Waals surface area contributed by atoms with E-state index in [1.165, 1.54) is 33.7 Å². The van der Waals surface area contributed by atoms with E-state index in [0.29, 0.717) is 10.2 Å². The maximum absolute atomic E-state index is 5.76. The summed E-state index contributed by atoms with van der Waals surface area (Å²) in [6, 6.07) is 17.4. The molecule has 0 unspecified atom stereocenters. The normalized spacial score (nSPS) is 21.2. The molecular formula is C35H40N4S2. The van der Waals surface area contributed by atoms with Crippen LogP contribution in [0.5, 0.6) is 0 Å². The van der Waals surface area contributed by atoms with Gasteiger partial charge in [0.2, 0.25) is 0 Å². The van der Waals surface area contributed by atoms with Crippen molar-refractivity contribution in [2.24, 2.45) is 5.41 Å². The average molecular weight is 581 g/mol. The molecule has 4 nitrogen and oxygen atoms in total. The number of rotatable bonds is 0. The first-order chi connectivity index (χ1) is 20.1. The van der Waals surface area contributed by atoms with Gasteiger partial charge in [-0.25, -0.2) is 0 Å². The van der Waals surface area contributed by atoms with Crippen LogP contribution in [0.15, 0.2) is 95.4 Å². The fourth-order valence-corrected chi connectivity index (χ4v) is 7.25. The standard InChI is InChI=1S/C35H40N4S2/c40-33-36-29-13-5-1-9-25(29)17-21-35(22-18-26-10-2-6-14-30(26)37-33)23-19-27-11-3-7-15-31(27)38-34(41)39-32-16-8-4-12-28(32)20-24-35/h1,3,5,7,9-16H,2,4,6,8,17-24H2,(H2,36,37,40)(H2,38,39,41). The Hall–Kier alpha value is -3.22. The van der Waals surface area contributed by atoms with Crippen molar-refractivity contribution in [2.75, 3.05) is 10.6 Å². The Morgan fingerprint density at radius 1 is 0.488 bits per heavy atom. The van der Waals surface area contributed by atoms with E-state index >= 15 is 0 Å². The van der Waals surface area contributed by atoms with Crippen LogP contribution in [-0.4, -0.2) is 10.2 Å². The van der Waals surface area contributed by atoms with Gasteiger partial charge in [0.25, 0.3) is 0 Å². The molecule has 2 aromatic rings. The van der Waals surface area contributed by atoms with Gasteiger partial charge in [-0.2, -0.15) is 0 Å². The number of aryl methyl sites for hydroxylation is 2. The Morgan fingerprint density at radius 3 is 1.39 bits per heavy atom. The van der Waals surface area contributed by atoms with Crippen molar-refractivity contribution in [2.45, 2.75) is 77.0 Å². The van der Waals surface area contributed by atoms with Gasteiger partial charge < -0.3 is 21.3 Å². The molecule has 0 aromatic heterocycles. The molecule has 1 spiro atoms.